The fraction of sp³-hybridized carbons (Fsp3) is 0.250. The number of carbonyl (C=O) groups is 1. The number of methoxy groups -OCH3 is 1. The van der Waals surface area contributed by atoms with Crippen molar-refractivity contribution in [2.24, 2.45) is 0 Å². The fourth-order valence-electron chi connectivity index (χ4n) is 3.28. The largest absolute Gasteiger partial charge is 0.497 e. The van der Waals surface area contributed by atoms with Gasteiger partial charge in [-0.2, -0.15) is 0 Å². The van der Waals surface area contributed by atoms with E-state index in [1.165, 1.54) is 11.3 Å². The number of benzene rings is 1. The third kappa shape index (κ3) is 3.20. The van der Waals surface area contributed by atoms with Crippen molar-refractivity contribution in [3.63, 3.8) is 0 Å². The summed E-state index contributed by atoms with van der Waals surface area (Å²) in [5.41, 5.74) is 2.89. The van der Waals surface area contributed by atoms with Crippen LogP contribution >= 0.6 is 11.3 Å². The number of ether oxygens (including phenoxy) is 1. The second kappa shape index (κ2) is 7.25. The lowest BCUT2D eigenvalue weighted by Gasteiger charge is -2.30. The molecule has 0 bridgehead atoms. The molecule has 0 N–H and O–H groups in total. The van der Waals surface area contributed by atoms with Crippen molar-refractivity contribution in [2.45, 2.75) is 18.8 Å². The van der Waals surface area contributed by atoms with Crippen molar-refractivity contribution in [1.29, 1.82) is 0 Å². The minimum Gasteiger partial charge on any atom is -0.497 e. The number of anilines is 1. The maximum atomic E-state index is 13.1. The number of rotatable bonds is 4. The number of pyridine rings is 1. The van der Waals surface area contributed by atoms with Crippen LogP contribution in [0.3, 0.4) is 0 Å². The molecule has 0 radical (unpaired) electrons. The predicted molar refractivity (Wildman–Crippen MR) is 103 cm³/mol. The SMILES string of the molecule is COc1cccc(C2CCCN(c3nc(-c4ccncc4)cs3)C2=O)c1. The summed E-state index contributed by atoms with van der Waals surface area (Å²) in [5, 5.41) is 2.75. The van der Waals surface area contributed by atoms with Crippen LogP contribution in [0.4, 0.5) is 5.13 Å². The summed E-state index contributed by atoms with van der Waals surface area (Å²) in [4.78, 5) is 23.7. The van der Waals surface area contributed by atoms with E-state index in [0.717, 1.165) is 40.5 Å². The third-order valence-electron chi connectivity index (χ3n) is 4.63. The van der Waals surface area contributed by atoms with E-state index in [1.54, 1.807) is 19.5 Å². The zero-order valence-electron chi connectivity index (χ0n) is 14.5. The molecule has 1 aliphatic rings. The van der Waals surface area contributed by atoms with Gasteiger partial charge in [0, 0.05) is 29.9 Å². The molecular formula is C20H19N3O2S. The van der Waals surface area contributed by atoms with Gasteiger partial charge in [0.2, 0.25) is 5.91 Å². The van der Waals surface area contributed by atoms with Gasteiger partial charge in [-0.05, 0) is 42.7 Å². The molecule has 3 heterocycles. The molecule has 1 aromatic carbocycles. The lowest BCUT2D eigenvalue weighted by molar-refractivity contribution is -0.121. The molecule has 1 atom stereocenters. The first-order chi connectivity index (χ1) is 12.8. The second-order valence-electron chi connectivity index (χ2n) is 6.21. The van der Waals surface area contributed by atoms with Crippen LogP contribution in [0.15, 0.2) is 54.2 Å². The number of aromatic nitrogens is 2. The predicted octanol–water partition coefficient (Wildman–Crippen LogP) is 4.12. The maximum Gasteiger partial charge on any atom is 0.236 e. The van der Waals surface area contributed by atoms with Gasteiger partial charge in [0.05, 0.1) is 18.7 Å². The van der Waals surface area contributed by atoms with Gasteiger partial charge in [-0.1, -0.05) is 12.1 Å². The summed E-state index contributed by atoms with van der Waals surface area (Å²) in [6, 6.07) is 11.6. The number of amides is 1. The van der Waals surface area contributed by atoms with Gasteiger partial charge in [0.25, 0.3) is 0 Å². The first-order valence-electron chi connectivity index (χ1n) is 8.57. The number of hydrogen-bond acceptors (Lipinski definition) is 5. The molecule has 6 heteroatoms. The second-order valence-corrected chi connectivity index (χ2v) is 7.05. The smallest absolute Gasteiger partial charge is 0.236 e. The van der Waals surface area contributed by atoms with Crippen molar-refractivity contribution in [3.8, 4) is 17.0 Å². The van der Waals surface area contributed by atoms with Crippen molar-refractivity contribution >= 4 is 22.4 Å². The third-order valence-corrected chi connectivity index (χ3v) is 5.50. The fourth-order valence-corrected chi connectivity index (χ4v) is 4.14. The van der Waals surface area contributed by atoms with E-state index in [1.807, 2.05) is 46.7 Å². The van der Waals surface area contributed by atoms with Crippen LogP contribution in [0.2, 0.25) is 0 Å². The molecule has 1 aliphatic heterocycles. The van der Waals surface area contributed by atoms with E-state index < -0.39 is 0 Å². The molecule has 0 saturated carbocycles. The molecule has 1 amide bonds. The van der Waals surface area contributed by atoms with Crippen LogP contribution in [0.5, 0.6) is 5.75 Å². The van der Waals surface area contributed by atoms with E-state index in [4.69, 9.17) is 4.74 Å². The summed E-state index contributed by atoms with van der Waals surface area (Å²) >= 11 is 1.51. The molecule has 1 saturated heterocycles. The summed E-state index contributed by atoms with van der Waals surface area (Å²) in [6.07, 6.45) is 5.31. The zero-order chi connectivity index (χ0) is 17.9. The highest BCUT2D eigenvalue weighted by Crippen LogP contribution is 2.35. The minimum absolute atomic E-state index is 0.111. The Morgan fingerprint density at radius 2 is 2.08 bits per heavy atom. The highest BCUT2D eigenvalue weighted by Gasteiger charge is 2.32. The van der Waals surface area contributed by atoms with Gasteiger partial charge in [-0.15, -0.1) is 11.3 Å². The lowest BCUT2D eigenvalue weighted by atomic mass is 9.90. The highest BCUT2D eigenvalue weighted by atomic mass is 32.1. The first kappa shape index (κ1) is 16.7. The van der Waals surface area contributed by atoms with E-state index in [2.05, 4.69) is 9.97 Å². The molecule has 26 heavy (non-hydrogen) atoms. The van der Waals surface area contributed by atoms with Crippen LogP contribution in [-0.2, 0) is 4.79 Å². The Morgan fingerprint density at radius 3 is 2.88 bits per heavy atom. The monoisotopic (exact) mass is 365 g/mol. The normalized spacial score (nSPS) is 17.3. The topological polar surface area (TPSA) is 55.3 Å². The molecule has 0 aliphatic carbocycles. The zero-order valence-corrected chi connectivity index (χ0v) is 15.3. The molecule has 0 spiro atoms. The number of carbonyl (C=O) groups excluding carboxylic acids is 1. The number of piperidine rings is 1. The minimum atomic E-state index is -0.146. The van der Waals surface area contributed by atoms with Crippen molar-refractivity contribution < 1.29 is 9.53 Å². The molecule has 1 unspecified atom stereocenters. The van der Waals surface area contributed by atoms with Gasteiger partial charge in [-0.25, -0.2) is 4.98 Å². The highest BCUT2D eigenvalue weighted by molar-refractivity contribution is 7.14. The van der Waals surface area contributed by atoms with Crippen LogP contribution in [-0.4, -0.2) is 29.5 Å². The van der Waals surface area contributed by atoms with E-state index in [-0.39, 0.29) is 11.8 Å². The summed E-state index contributed by atoms with van der Waals surface area (Å²) in [6.45, 7) is 0.711. The van der Waals surface area contributed by atoms with Crippen LogP contribution in [0, 0.1) is 0 Å². The van der Waals surface area contributed by atoms with Crippen LogP contribution in [0.25, 0.3) is 11.3 Å². The molecule has 5 nitrogen and oxygen atoms in total. The van der Waals surface area contributed by atoms with Crippen LogP contribution in [0.1, 0.15) is 24.3 Å². The Morgan fingerprint density at radius 1 is 1.23 bits per heavy atom. The molecule has 3 aromatic rings. The molecule has 1 fully saturated rings. The lowest BCUT2D eigenvalue weighted by Crippen LogP contribution is -2.40. The Balaban J connectivity index is 1.59. The average molecular weight is 365 g/mol. The number of nitrogens with zero attached hydrogens (tertiary/aromatic N) is 3. The molecule has 2 aromatic heterocycles. The van der Waals surface area contributed by atoms with E-state index in [0.29, 0.717) is 6.54 Å². The van der Waals surface area contributed by atoms with Crippen LogP contribution < -0.4 is 9.64 Å². The van der Waals surface area contributed by atoms with E-state index >= 15 is 0 Å². The van der Waals surface area contributed by atoms with E-state index in [9.17, 15) is 4.79 Å². The molecular weight excluding hydrogens is 346 g/mol. The Hall–Kier alpha value is -2.73. The first-order valence-corrected chi connectivity index (χ1v) is 9.45. The van der Waals surface area contributed by atoms with Crippen molar-refractivity contribution in [2.75, 3.05) is 18.6 Å². The van der Waals surface area contributed by atoms with Gasteiger partial charge >= 0.3 is 0 Å². The molecule has 4 rings (SSSR count). The van der Waals surface area contributed by atoms with Gasteiger partial charge in [-0.3, -0.25) is 14.7 Å². The Labute approximate surface area is 156 Å². The van der Waals surface area contributed by atoms with Crippen molar-refractivity contribution in [1.82, 2.24) is 9.97 Å². The van der Waals surface area contributed by atoms with Crippen molar-refractivity contribution in [3.05, 3.63) is 59.7 Å². The number of hydrogen-bond donors (Lipinski definition) is 0. The summed E-state index contributed by atoms with van der Waals surface area (Å²) in [7, 11) is 1.64. The quantitative estimate of drug-likeness (QED) is 0.698. The Bertz CT molecular complexity index is 910. The summed E-state index contributed by atoms with van der Waals surface area (Å²) < 4.78 is 5.30. The summed E-state index contributed by atoms with van der Waals surface area (Å²) in [5.74, 6) is 0.744. The Kier molecular flexibility index (Phi) is 4.67. The maximum absolute atomic E-state index is 13.1. The van der Waals surface area contributed by atoms with Gasteiger partial charge in [0.15, 0.2) is 5.13 Å². The van der Waals surface area contributed by atoms with Gasteiger partial charge in [0.1, 0.15) is 5.75 Å². The molecule has 132 valence electrons. The number of thiazole rings is 1. The average Bonchev–Trinajstić information content (AvgIpc) is 3.19. The van der Waals surface area contributed by atoms with Gasteiger partial charge < -0.3 is 4.74 Å². The standard InChI is InChI=1S/C20H19N3O2S/c1-25-16-5-2-4-15(12-16)17-6-3-11-23(19(17)24)20-22-18(13-26-20)14-7-9-21-10-8-14/h2,4-5,7-10,12-13,17H,3,6,11H2,1H3.